The van der Waals surface area contributed by atoms with Gasteiger partial charge in [0.2, 0.25) is 6.10 Å². The maximum atomic E-state index is 12.9. The number of nitrogens with one attached hydrogen (secondary N) is 1. The van der Waals surface area contributed by atoms with E-state index in [1.54, 1.807) is 13.2 Å². The van der Waals surface area contributed by atoms with Gasteiger partial charge in [-0.2, -0.15) is 0 Å². The van der Waals surface area contributed by atoms with Gasteiger partial charge < -0.3 is 24.3 Å². The van der Waals surface area contributed by atoms with Gasteiger partial charge >= 0.3 is 0 Å². The molecule has 0 unspecified atom stereocenters. The minimum absolute atomic E-state index is 0.181. The van der Waals surface area contributed by atoms with Crippen LogP contribution in [0.2, 0.25) is 0 Å². The fourth-order valence-electron chi connectivity index (χ4n) is 3.50. The molecule has 2 aliphatic heterocycles. The SMILES string of the molecule is COc1ccc2c(c1)[C@H](NC(=O)[C@H]1COc3ccccc3O1)CC(C)(C)O2. The van der Waals surface area contributed by atoms with E-state index in [9.17, 15) is 4.79 Å². The summed E-state index contributed by atoms with van der Waals surface area (Å²) < 4.78 is 22.9. The summed E-state index contributed by atoms with van der Waals surface area (Å²) >= 11 is 0. The monoisotopic (exact) mass is 369 g/mol. The Morgan fingerprint density at radius 3 is 2.70 bits per heavy atom. The molecule has 4 rings (SSSR count). The molecule has 2 aromatic carbocycles. The van der Waals surface area contributed by atoms with Crippen LogP contribution in [0.4, 0.5) is 0 Å². The smallest absolute Gasteiger partial charge is 0.265 e. The number of ether oxygens (including phenoxy) is 4. The van der Waals surface area contributed by atoms with Crippen LogP contribution in [0.1, 0.15) is 31.9 Å². The van der Waals surface area contributed by atoms with Crippen LogP contribution in [0.5, 0.6) is 23.0 Å². The summed E-state index contributed by atoms with van der Waals surface area (Å²) in [6.07, 6.45) is -0.0526. The third-order valence-corrected chi connectivity index (χ3v) is 4.79. The molecule has 27 heavy (non-hydrogen) atoms. The zero-order chi connectivity index (χ0) is 19.0. The highest BCUT2D eigenvalue weighted by molar-refractivity contribution is 5.82. The van der Waals surface area contributed by atoms with Gasteiger partial charge in [-0.3, -0.25) is 4.79 Å². The quantitative estimate of drug-likeness (QED) is 0.900. The Labute approximate surface area is 158 Å². The first-order chi connectivity index (χ1) is 12.9. The Morgan fingerprint density at radius 2 is 1.93 bits per heavy atom. The van der Waals surface area contributed by atoms with Crippen LogP contribution in [-0.4, -0.2) is 31.3 Å². The van der Waals surface area contributed by atoms with Crippen LogP contribution in [-0.2, 0) is 4.79 Å². The van der Waals surface area contributed by atoms with Crippen LogP contribution in [0, 0.1) is 0 Å². The minimum Gasteiger partial charge on any atom is -0.497 e. The number of fused-ring (bicyclic) bond motifs is 2. The lowest BCUT2D eigenvalue weighted by atomic mass is 9.89. The molecule has 6 nitrogen and oxygen atoms in total. The molecule has 1 amide bonds. The average molecular weight is 369 g/mol. The van der Waals surface area contributed by atoms with Crippen LogP contribution in [0.25, 0.3) is 0 Å². The van der Waals surface area contributed by atoms with Crippen LogP contribution < -0.4 is 24.3 Å². The number of rotatable bonds is 3. The Balaban J connectivity index is 1.54. The predicted molar refractivity (Wildman–Crippen MR) is 99.6 cm³/mol. The lowest BCUT2D eigenvalue weighted by Crippen LogP contribution is -2.48. The van der Waals surface area contributed by atoms with Gasteiger partial charge in [-0.1, -0.05) is 12.1 Å². The molecule has 2 heterocycles. The Bertz CT molecular complexity index is 863. The van der Waals surface area contributed by atoms with Crippen LogP contribution >= 0.6 is 0 Å². The third kappa shape index (κ3) is 3.52. The lowest BCUT2D eigenvalue weighted by molar-refractivity contribution is -0.131. The van der Waals surface area contributed by atoms with E-state index in [4.69, 9.17) is 18.9 Å². The molecule has 1 N–H and O–H groups in total. The normalized spacial score (nSPS) is 22.2. The van der Waals surface area contributed by atoms with E-state index in [2.05, 4.69) is 5.32 Å². The van der Waals surface area contributed by atoms with Gasteiger partial charge in [-0.25, -0.2) is 0 Å². The predicted octanol–water partition coefficient (Wildman–Crippen LogP) is 3.25. The standard InChI is InChI=1S/C21H23NO5/c1-21(2)11-15(14-10-13(24-3)8-9-16(14)27-21)22-20(23)19-12-25-17-6-4-5-7-18(17)26-19/h4-10,15,19H,11-12H2,1-3H3,(H,22,23)/t15-,19-/m1/s1. The molecule has 142 valence electrons. The van der Waals surface area contributed by atoms with Crippen molar-refractivity contribution in [3.8, 4) is 23.0 Å². The summed E-state index contributed by atoms with van der Waals surface area (Å²) in [6.45, 7) is 4.20. The molecular weight excluding hydrogens is 346 g/mol. The van der Waals surface area contributed by atoms with E-state index in [0.717, 1.165) is 17.1 Å². The molecule has 0 saturated carbocycles. The highest BCUT2D eigenvalue weighted by Gasteiger charge is 2.37. The molecule has 0 aliphatic carbocycles. The van der Waals surface area contributed by atoms with Crippen molar-refractivity contribution < 1.29 is 23.7 Å². The highest BCUT2D eigenvalue weighted by Crippen LogP contribution is 2.41. The largest absolute Gasteiger partial charge is 0.497 e. The lowest BCUT2D eigenvalue weighted by Gasteiger charge is -2.38. The van der Waals surface area contributed by atoms with E-state index in [1.165, 1.54) is 0 Å². The molecule has 0 fully saturated rings. The number of methoxy groups -OCH3 is 1. The van der Waals surface area contributed by atoms with E-state index in [1.807, 2.05) is 50.2 Å². The zero-order valence-corrected chi connectivity index (χ0v) is 15.7. The fourth-order valence-corrected chi connectivity index (χ4v) is 3.50. The topological polar surface area (TPSA) is 66.0 Å². The number of hydrogen-bond donors (Lipinski definition) is 1. The van der Waals surface area contributed by atoms with Crippen molar-refractivity contribution >= 4 is 5.91 Å². The van der Waals surface area contributed by atoms with Crippen molar-refractivity contribution in [2.45, 2.75) is 38.0 Å². The number of carbonyl (C=O) groups is 1. The van der Waals surface area contributed by atoms with Gasteiger partial charge in [-0.05, 0) is 44.2 Å². The highest BCUT2D eigenvalue weighted by atomic mass is 16.6. The molecule has 6 heteroatoms. The van der Waals surface area contributed by atoms with E-state index in [0.29, 0.717) is 17.9 Å². The van der Waals surface area contributed by atoms with Crippen LogP contribution in [0.15, 0.2) is 42.5 Å². The van der Waals surface area contributed by atoms with Crippen molar-refractivity contribution in [1.82, 2.24) is 5.32 Å². The van der Waals surface area contributed by atoms with E-state index < -0.39 is 11.7 Å². The molecule has 0 saturated heterocycles. The summed E-state index contributed by atoms with van der Waals surface area (Å²) in [4.78, 5) is 12.9. The maximum Gasteiger partial charge on any atom is 0.265 e. The van der Waals surface area contributed by atoms with E-state index >= 15 is 0 Å². The Kier molecular flexibility index (Phi) is 4.34. The summed E-state index contributed by atoms with van der Waals surface area (Å²) in [5, 5.41) is 3.10. The minimum atomic E-state index is -0.695. The first-order valence-electron chi connectivity index (χ1n) is 9.01. The second kappa shape index (κ2) is 6.68. The second-order valence-corrected chi connectivity index (χ2v) is 7.40. The van der Waals surface area contributed by atoms with Crippen molar-refractivity contribution in [3.05, 3.63) is 48.0 Å². The number of hydrogen-bond acceptors (Lipinski definition) is 5. The molecule has 0 aromatic heterocycles. The van der Waals surface area contributed by atoms with Gasteiger partial charge in [0, 0.05) is 12.0 Å². The third-order valence-electron chi connectivity index (χ3n) is 4.79. The molecule has 0 radical (unpaired) electrons. The average Bonchev–Trinajstić information content (AvgIpc) is 2.66. The molecule has 2 aliphatic rings. The van der Waals surface area contributed by atoms with Gasteiger partial charge in [-0.15, -0.1) is 0 Å². The van der Waals surface area contributed by atoms with Crippen molar-refractivity contribution in [2.75, 3.05) is 13.7 Å². The summed E-state index contributed by atoms with van der Waals surface area (Å²) in [5.41, 5.74) is 0.509. The zero-order valence-electron chi connectivity index (χ0n) is 15.7. The summed E-state index contributed by atoms with van der Waals surface area (Å²) in [6, 6.07) is 12.8. The number of carbonyl (C=O) groups excluding carboxylic acids is 1. The number of amides is 1. The molecule has 2 aromatic rings. The molecule has 0 spiro atoms. The first kappa shape index (κ1) is 17.5. The van der Waals surface area contributed by atoms with E-state index in [-0.39, 0.29) is 18.6 Å². The first-order valence-corrected chi connectivity index (χ1v) is 9.01. The second-order valence-electron chi connectivity index (χ2n) is 7.40. The van der Waals surface area contributed by atoms with Gasteiger partial charge in [0.05, 0.1) is 13.2 Å². The summed E-state index contributed by atoms with van der Waals surface area (Å²) in [7, 11) is 1.62. The molecule has 0 bridgehead atoms. The van der Waals surface area contributed by atoms with Crippen LogP contribution in [0.3, 0.4) is 0 Å². The fraction of sp³-hybridized carbons (Fsp3) is 0.381. The Morgan fingerprint density at radius 1 is 1.15 bits per heavy atom. The van der Waals surface area contributed by atoms with Gasteiger partial charge in [0.1, 0.15) is 23.7 Å². The Hall–Kier alpha value is -2.89. The van der Waals surface area contributed by atoms with Gasteiger partial charge in [0.25, 0.3) is 5.91 Å². The van der Waals surface area contributed by atoms with Crippen molar-refractivity contribution in [2.24, 2.45) is 0 Å². The number of para-hydroxylation sites is 2. The van der Waals surface area contributed by atoms with Crippen molar-refractivity contribution in [3.63, 3.8) is 0 Å². The van der Waals surface area contributed by atoms with Crippen molar-refractivity contribution in [1.29, 1.82) is 0 Å². The maximum absolute atomic E-state index is 12.9. The van der Waals surface area contributed by atoms with Gasteiger partial charge in [0.15, 0.2) is 11.5 Å². The number of benzene rings is 2. The summed E-state index contributed by atoms with van der Waals surface area (Å²) in [5.74, 6) is 2.51. The molecule has 2 atom stereocenters. The molecular formula is C21H23NO5.